The van der Waals surface area contributed by atoms with Crippen molar-refractivity contribution < 1.29 is 28.0 Å². The molecule has 0 unspecified atom stereocenters. The first kappa shape index (κ1) is 11.9. The SMILES string of the molecule is O=C(O)c1cn(CC(F)(F)F)nc1[N+](=O)[O-]. The predicted octanol–water partition coefficient (Wildman–Crippen LogP) is 1.05. The van der Waals surface area contributed by atoms with Gasteiger partial charge in [0.15, 0.2) is 12.1 Å². The van der Waals surface area contributed by atoms with E-state index in [0.717, 1.165) is 0 Å². The first-order valence-electron chi connectivity index (χ1n) is 3.72. The highest BCUT2D eigenvalue weighted by atomic mass is 19.4. The van der Waals surface area contributed by atoms with Crippen molar-refractivity contribution in [2.45, 2.75) is 12.7 Å². The summed E-state index contributed by atoms with van der Waals surface area (Å²) in [5, 5.41) is 21.7. The van der Waals surface area contributed by atoms with E-state index in [1.54, 1.807) is 0 Å². The molecule has 0 aromatic carbocycles. The highest BCUT2D eigenvalue weighted by Crippen LogP contribution is 2.21. The summed E-state index contributed by atoms with van der Waals surface area (Å²) >= 11 is 0. The number of hydrogen-bond donors (Lipinski definition) is 1. The van der Waals surface area contributed by atoms with Crippen LogP contribution in [0.4, 0.5) is 19.0 Å². The van der Waals surface area contributed by atoms with Crippen molar-refractivity contribution >= 4 is 11.8 Å². The number of carbonyl (C=O) groups is 1. The number of nitro groups is 1. The van der Waals surface area contributed by atoms with Crippen molar-refractivity contribution in [3.63, 3.8) is 0 Å². The van der Waals surface area contributed by atoms with E-state index in [2.05, 4.69) is 5.10 Å². The smallest absolute Gasteiger partial charge is 0.409 e. The minimum atomic E-state index is -4.63. The van der Waals surface area contributed by atoms with E-state index < -0.39 is 35.0 Å². The van der Waals surface area contributed by atoms with E-state index >= 15 is 0 Å². The Kier molecular flexibility index (Phi) is 2.83. The maximum absolute atomic E-state index is 11.9. The van der Waals surface area contributed by atoms with Gasteiger partial charge in [0.2, 0.25) is 0 Å². The van der Waals surface area contributed by atoms with Crippen LogP contribution in [-0.2, 0) is 6.54 Å². The molecule has 88 valence electrons. The second-order valence-corrected chi connectivity index (χ2v) is 2.74. The molecule has 10 heteroatoms. The first-order valence-corrected chi connectivity index (χ1v) is 3.72. The number of hydrogen-bond acceptors (Lipinski definition) is 4. The average molecular weight is 239 g/mol. The van der Waals surface area contributed by atoms with Crippen LogP contribution in [0.2, 0.25) is 0 Å². The average Bonchev–Trinajstić information content (AvgIpc) is 2.44. The number of carboxylic acids is 1. The molecule has 0 saturated carbocycles. The van der Waals surface area contributed by atoms with E-state index in [9.17, 15) is 28.1 Å². The Labute approximate surface area is 85.2 Å². The molecule has 0 spiro atoms. The molecule has 0 aliphatic heterocycles. The molecule has 16 heavy (non-hydrogen) atoms. The number of rotatable bonds is 3. The Bertz CT molecular complexity index is 407. The van der Waals surface area contributed by atoms with Gasteiger partial charge in [0.05, 0.1) is 11.3 Å². The van der Waals surface area contributed by atoms with Gasteiger partial charge in [-0.15, -0.1) is 0 Å². The first-order chi connectivity index (χ1) is 7.20. The van der Waals surface area contributed by atoms with Crippen molar-refractivity contribution in [1.82, 2.24) is 9.78 Å². The quantitative estimate of drug-likeness (QED) is 0.627. The fourth-order valence-electron chi connectivity index (χ4n) is 0.962. The second-order valence-electron chi connectivity index (χ2n) is 2.74. The lowest BCUT2D eigenvalue weighted by Crippen LogP contribution is -2.18. The highest BCUT2D eigenvalue weighted by molar-refractivity contribution is 5.91. The van der Waals surface area contributed by atoms with E-state index in [4.69, 9.17) is 5.11 Å². The van der Waals surface area contributed by atoms with Gasteiger partial charge in [-0.3, -0.25) is 0 Å². The zero-order chi connectivity index (χ0) is 12.5. The third-order valence-corrected chi connectivity index (χ3v) is 1.49. The van der Waals surface area contributed by atoms with Crippen LogP contribution in [0.3, 0.4) is 0 Å². The number of aromatic carboxylic acids is 1. The molecule has 1 N–H and O–H groups in total. The van der Waals surface area contributed by atoms with E-state index in [1.165, 1.54) is 0 Å². The maximum atomic E-state index is 11.9. The van der Waals surface area contributed by atoms with E-state index in [-0.39, 0.29) is 4.68 Å². The Morgan fingerprint density at radius 1 is 1.62 bits per heavy atom. The normalized spacial score (nSPS) is 11.4. The van der Waals surface area contributed by atoms with Crippen LogP contribution in [-0.4, -0.2) is 32.0 Å². The number of halogens is 3. The molecule has 0 saturated heterocycles. The molecular formula is C6H4F3N3O4. The Morgan fingerprint density at radius 2 is 2.19 bits per heavy atom. The molecular weight excluding hydrogens is 235 g/mol. The lowest BCUT2D eigenvalue weighted by Gasteiger charge is -2.01. The van der Waals surface area contributed by atoms with Crippen molar-refractivity contribution in [3.8, 4) is 0 Å². The lowest BCUT2D eigenvalue weighted by atomic mass is 10.3. The molecule has 0 atom stereocenters. The summed E-state index contributed by atoms with van der Waals surface area (Å²) in [5.41, 5.74) is -0.880. The van der Waals surface area contributed by atoms with Gasteiger partial charge in [0.1, 0.15) is 0 Å². The Balaban J connectivity index is 3.12. The van der Waals surface area contributed by atoms with Crippen molar-refractivity contribution in [2.24, 2.45) is 0 Å². The van der Waals surface area contributed by atoms with Crippen LogP contribution >= 0.6 is 0 Å². The molecule has 0 bridgehead atoms. The van der Waals surface area contributed by atoms with Crippen molar-refractivity contribution in [3.05, 3.63) is 21.9 Å². The number of carboxylic acid groups (broad SMARTS) is 1. The summed E-state index contributed by atoms with van der Waals surface area (Å²) in [4.78, 5) is 19.6. The van der Waals surface area contributed by atoms with Crippen molar-refractivity contribution in [2.75, 3.05) is 0 Å². The molecule has 0 fully saturated rings. The summed E-state index contributed by atoms with van der Waals surface area (Å²) in [7, 11) is 0. The minimum absolute atomic E-state index is 0.168. The highest BCUT2D eigenvalue weighted by Gasteiger charge is 2.33. The summed E-state index contributed by atoms with van der Waals surface area (Å²) in [5.74, 6) is -2.82. The zero-order valence-electron chi connectivity index (χ0n) is 7.43. The number of aromatic nitrogens is 2. The Hall–Kier alpha value is -2.13. The molecule has 0 radical (unpaired) electrons. The standard InChI is InChI=1S/C6H4F3N3O4/c7-6(8,9)2-11-1-3(5(13)14)4(10-11)12(15)16/h1H,2H2,(H,13,14). The summed E-state index contributed by atoms with van der Waals surface area (Å²) < 4.78 is 35.9. The van der Waals surface area contributed by atoms with Gasteiger partial charge < -0.3 is 15.2 Å². The van der Waals surface area contributed by atoms with Crippen LogP contribution in [0.25, 0.3) is 0 Å². The van der Waals surface area contributed by atoms with Gasteiger partial charge in [-0.1, -0.05) is 0 Å². The van der Waals surface area contributed by atoms with Crippen LogP contribution in [0.15, 0.2) is 6.20 Å². The fraction of sp³-hybridized carbons (Fsp3) is 0.333. The second kappa shape index (κ2) is 3.79. The number of nitrogens with zero attached hydrogens (tertiary/aromatic N) is 3. The molecule has 1 aromatic rings. The molecule has 7 nitrogen and oxygen atoms in total. The molecule has 0 aliphatic carbocycles. The lowest BCUT2D eigenvalue weighted by molar-refractivity contribution is -0.390. The predicted molar refractivity (Wildman–Crippen MR) is 41.9 cm³/mol. The molecule has 0 amide bonds. The van der Waals surface area contributed by atoms with Gasteiger partial charge in [0, 0.05) is 0 Å². The van der Waals surface area contributed by atoms with Crippen LogP contribution < -0.4 is 0 Å². The monoisotopic (exact) mass is 239 g/mol. The summed E-state index contributed by atoms with van der Waals surface area (Å²) in [6.45, 7) is -1.58. The van der Waals surface area contributed by atoms with Gasteiger partial charge in [0.25, 0.3) is 0 Å². The Morgan fingerprint density at radius 3 is 2.50 bits per heavy atom. The van der Waals surface area contributed by atoms with Crippen LogP contribution in [0.1, 0.15) is 10.4 Å². The molecule has 1 rings (SSSR count). The fourth-order valence-corrected chi connectivity index (χ4v) is 0.962. The van der Waals surface area contributed by atoms with Crippen molar-refractivity contribution in [1.29, 1.82) is 0 Å². The maximum Gasteiger partial charge on any atom is 0.409 e. The topological polar surface area (TPSA) is 98.3 Å². The largest absolute Gasteiger partial charge is 0.477 e. The van der Waals surface area contributed by atoms with Gasteiger partial charge in [-0.05, 0) is 4.92 Å². The van der Waals surface area contributed by atoms with Gasteiger partial charge in [-0.25, -0.2) is 4.79 Å². The van der Waals surface area contributed by atoms with E-state index in [0.29, 0.717) is 6.20 Å². The third-order valence-electron chi connectivity index (χ3n) is 1.49. The molecule has 1 aromatic heterocycles. The minimum Gasteiger partial charge on any atom is -0.477 e. The molecule has 1 heterocycles. The van der Waals surface area contributed by atoms with Gasteiger partial charge >= 0.3 is 18.0 Å². The number of alkyl halides is 3. The van der Waals surface area contributed by atoms with E-state index in [1.807, 2.05) is 0 Å². The van der Waals surface area contributed by atoms with Crippen LogP contribution in [0, 0.1) is 10.1 Å². The third kappa shape index (κ3) is 2.68. The summed E-state index contributed by atoms with van der Waals surface area (Å²) in [6.07, 6.45) is -4.16. The zero-order valence-corrected chi connectivity index (χ0v) is 7.43. The summed E-state index contributed by atoms with van der Waals surface area (Å²) in [6, 6.07) is 0. The van der Waals surface area contributed by atoms with Crippen LogP contribution in [0.5, 0.6) is 0 Å². The van der Waals surface area contributed by atoms with Gasteiger partial charge in [-0.2, -0.15) is 17.9 Å². The molecule has 0 aliphatic rings.